The number of benzene rings is 2. The molecule has 2 heterocycles. The van der Waals surface area contributed by atoms with Gasteiger partial charge in [0.2, 0.25) is 0 Å². The molecule has 0 radical (unpaired) electrons. The van der Waals surface area contributed by atoms with Gasteiger partial charge in [0.25, 0.3) is 11.8 Å². The Morgan fingerprint density at radius 2 is 1.68 bits per heavy atom. The van der Waals surface area contributed by atoms with Crippen LogP contribution < -0.4 is 10.9 Å². The van der Waals surface area contributed by atoms with Crippen molar-refractivity contribution in [2.24, 2.45) is 0 Å². The Hall–Kier alpha value is -2.97. The van der Waals surface area contributed by atoms with E-state index in [2.05, 4.69) is 36.7 Å². The van der Waals surface area contributed by atoms with E-state index in [-0.39, 0.29) is 0 Å². The second-order valence-electron chi connectivity index (χ2n) is 6.07. The molecule has 0 bridgehead atoms. The third-order valence-electron chi connectivity index (χ3n) is 4.18. The molecular formula is C20H15BrN4O2S. The number of H-pyrrole nitrogens is 1. The topological polar surface area (TPSA) is 86.9 Å². The minimum Gasteiger partial charge on any atom is -0.350 e. The van der Waals surface area contributed by atoms with Crippen LogP contribution in [0.15, 0.2) is 59.1 Å². The predicted octanol–water partition coefficient (Wildman–Crippen LogP) is 4.44. The fraction of sp³-hybridized carbons (Fsp3) is 0.0500. The average molecular weight is 455 g/mol. The highest BCUT2D eigenvalue weighted by molar-refractivity contribution is 9.10. The average Bonchev–Trinajstić information content (AvgIpc) is 3.27. The van der Waals surface area contributed by atoms with Gasteiger partial charge in [-0.15, -0.1) is 11.3 Å². The van der Waals surface area contributed by atoms with E-state index in [4.69, 9.17) is 0 Å². The molecule has 28 heavy (non-hydrogen) atoms. The fourth-order valence-electron chi connectivity index (χ4n) is 2.81. The van der Waals surface area contributed by atoms with E-state index in [1.54, 1.807) is 6.92 Å². The summed E-state index contributed by atoms with van der Waals surface area (Å²) in [6, 6.07) is 17.2. The highest BCUT2D eigenvalue weighted by Crippen LogP contribution is 2.28. The van der Waals surface area contributed by atoms with Gasteiger partial charge in [0.05, 0.1) is 10.2 Å². The number of aromatic nitrogens is 2. The number of nitrogens with zero attached hydrogens (tertiary/aromatic N) is 1. The first-order valence-electron chi connectivity index (χ1n) is 8.44. The smallest absolute Gasteiger partial charge is 0.287 e. The lowest BCUT2D eigenvalue weighted by Crippen LogP contribution is -2.41. The van der Waals surface area contributed by atoms with Crippen molar-refractivity contribution in [3.63, 3.8) is 0 Å². The molecule has 8 heteroatoms. The summed E-state index contributed by atoms with van der Waals surface area (Å²) in [6.45, 7) is 1.77. The van der Waals surface area contributed by atoms with Crippen LogP contribution in [-0.2, 0) is 0 Å². The summed E-state index contributed by atoms with van der Waals surface area (Å²) in [5, 5.41) is 1.65. The van der Waals surface area contributed by atoms with Crippen LogP contribution in [-0.4, -0.2) is 21.8 Å². The number of carbonyl (C=O) groups is 2. The van der Waals surface area contributed by atoms with Crippen LogP contribution in [0.4, 0.5) is 0 Å². The third-order valence-corrected chi connectivity index (χ3v) is 6.21. The standard InChI is InChI=1S/C20H15BrN4O2S/c1-11-17(28-20(22-11)12-7-3-2-4-8-12)19(27)25-24-18(26)16-15(21)13-9-5-6-10-14(13)23-16/h2-10,23H,1H3,(H,24,26)(H,25,27). The summed E-state index contributed by atoms with van der Waals surface area (Å²) in [5.41, 5.74) is 7.65. The molecule has 0 aliphatic heterocycles. The van der Waals surface area contributed by atoms with Gasteiger partial charge in [-0.2, -0.15) is 0 Å². The summed E-state index contributed by atoms with van der Waals surface area (Å²) in [4.78, 5) is 33.0. The SMILES string of the molecule is Cc1nc(-c2ccccc2)sc1C(=O)NNC(=O)c1[nH]c2ccccc2c1Br. The first kappa shape index (κ1) is 18.4. The van der Waals surface area contributed by atoms with Gasteiger partial charge in [0, 0.05) is 16.5 Å². The van der Waals surface area contributed by atoms with Crippen LogP contribution in [0.1, 0.15) is 25.9 Å². The molecule has 3 N–H and O–H groups in total. The quantitative estimate of drug-likeness (QED) is 0.400. The predicted molar refractivity (Wildman–Crippen MR) is 113 cm³/mol. The van der Waals surface area contributed by atoms with E-state index in [9.17, 15) is 9.59 Å². The van der Waals surface area contributed by atoms with Gasteiger partial charge in [-0.25, -0.2) is 4.98 Å². The highest BCUT2D eigenvalue weighted by atomic mass is 79.9. The lowest BCUT2D eigenvalue weighted by Gasteiger charge is -2.05. The van der Waals surface area contributed by atoms with Gasteiger partial charge in [-0.05, 0) is 28.9 Å². The van der Waals surface area contributed by atoms with Gasteiger partial charge in [0.15, 0.2) is 0 Å². The Labute approximate surface area is 173 Å². The Balaban J connectivity index is 1.49. The summed E-state index contributed by atoms with van der Waals surface area (Å²) in [5.74, 6) is -0.848. The van der Waals surface area contributed by atoms with Crippen molar-refractivity contribution in [3.8, 4) is 10.6 Å². The molecular weight excluding hydrogens is 440 g/mol. The molecule has 0 saturated heterocycles. The van der Waals surface area contributed by atoms with Gasteiger partial charge >= 0.3 is 0 Å². The van der Waals surface area contributed by atoms with Crippen molar-refractivity contribution in [2.75, 3.05) is 0 Å². The zero-order valence-electron chi connectivity index (χ0n) is 14.7. The number of para-hydroxylation sites is 1. The van der Waals surface area contributed by atoms with Crippen LogP contribution in [0.25, 0.3) is 21.5 Å². The van der Waals surface area contributed by atoms with Crippen LogP contribution in [0, 0.1) is 6.92 Å². The summed E-state index contributed by atoms with van der Waals surface area (Å²) >= 11 is 4.72. The number of halogens is 1. The first-order valence-corrected chi connectivity index (χ1v) is 10.1. The largest absolute Gasteiger partial charge is 0.350 e. The molecule has 0 fully saturated rings. The number of aryl methyl sites for hydroxylation is 1. The van der Waals surface area contributed by atoms with E-state index in [0.29, 0.717) is 20.7 Å². The third kappa shape index (κ3) is 3.44. The zero-order chi connectivity index (χ0) is 19.7. The summed E-state index contributed by atoms with van der Waals surface area (Å²) < 4.78 is 0.648. The van der Waals surface area contributed by atoms with E-state index < -0.39 is 11.8 Å². The maximum Gasteiger partial charge on any atom is 0.287 e. The second kappa shape index (κ2) is 7.57. The Kier molecular flexibility index (Phi) is 4.97. The molecule has 0 atom stereocenters. The van der Waals surface area contributed by atoms with E-state index in [1.807, 2.05) is 54.6 Å². The van der Waals surface area contributed by atoms with Crippen LogP contribution >= 0.6 is 27.3 Å². The lowest BCUT2D eigenvalue weighted by molar-refractivity contribution is 0.0845. The number of hydrogen-bond acceptors (Lipinski definition) is 4. The second-order valence-corrected chi connectivity index (χ2v) is 7.86. The molecule has 2 aromatic carbocycles. The summed E-state index contributed by atoms with van der Waals surface area (Å²) in [6.07, 6.45) is 0. The molecule has 0 aliphatic rings. The normalized spacial score (nSPS) is 10.8. The molecule has 6 nitrogen and oxygen atoms in total. The number of hydrazine groups is 1. The molecule has 0 saturated carbocycles. The van der Waals surface area contributed by atoms with Crippen LogP contribution in [0.2, 0.25) is 0 Å². The number of carbonyl (C=O) groups excluding carboxylic acids is 2. The number of aromatic amines is 1. The van der Waals surface area contributed by atoms with Gasteiger partial charge in [-0.1, -0.05) is 48.5 Å². The van der Waals surface area contributed by atoms with Crippen LogP contribution in [0.5, 0.6) is 0 Å². The van der Waals surface area contributed by atoms with Crippen molar-refractivity contribution in [1.29, 1.82) is 0 Å². The van der Waals surface area contributed by atoms with Crippen molar-refractivity contribution in [3.05, 3.63) is 75.3 Å². The van der Waals surface area contributed by atoms with Crippen molar-refractivity contribution in [2.45, 2.75) is 6.92 Å². The molecule has 4 rings (SSSR count). The molecule has 0 aliphatic carbocycles. The van der Waals surface area contributed by atoms with Crippen molar-refractivity contribution < 1.29 is 9.59 Å². The van der Waals surface area contributed by atoms with Gasteiger partial charge in [0.1, 0.15) is 15.6 Å². The Morgan fingerprint density at radius 3 is 2.43 bits per heavy atom. The highest BCUT2D eigenvalue weighted by Gasteiger charge is 2.19. The number of hydrogen-bond donors (Lipinski definition) is 3. The van der Waals surface area contributed by atoms with Crippen LogP contribution in [0.3, 0.4) is 0 Å². The minimum absolute atomic E-state index is 0.340. The van der Waals surface area contributed by atoms with Crippen molar-refractivity contribution >= 4 is 50.0 Å². The monoisotopic (exact) mass is 454 g/mol. The Morgan fingerprint density at radius 1 is 1.00 bits per heavy atom. The number of thiazole rings is 1. The Bertz CT molecular complexity index is 1180. The number of rotatable bonds is 3. The maximum absolute atomic E-state index is 12.5. The van der Waals surface area contributed by atoms with Gasteiger partial charge in [-0.3, -0.25) is 20.4 Å². The molecule has 140 valence electrons. The lowest BCUT2D eigenvalue weighted by atomic mass is 10.2. The van der Waals surface area contributed by atoms with E-state index in [0.717, 1.165) is 21.5 Å². The minimum atomic E-state index is -0.443. The number of nitrogens with one attached hydrogen (secondary N) is 3. The summed E-state index contributed by atoms with van der Waals surface area (Å²) in [7, 11) is 0. The molecule has 0 unspecified atom stereocenters. The first-order chi connectivity index (χ1) is 13.5. The molecule has 4 aromatic rings. The van der Waals surface area contributed by atoms with Gasteiger partial charge < -0.3 is 4.98 Å². The van der Waals surface area contributed by atoms with E-state index in [1.165, 1.54) is 11.3 Å². The molecule has 0 spiro atoms. The molecule has 2 amide bonds. The fourth-order valence-corrected chi connectivity index (χ4v) is 4.40. The zero-order valence-corrected chi connectivity index (χ0v) is 17.1. The number of amides is 2. The number of fused-ring (bicyclic) bond motifs is 1. The molecule has 2 aromatic heterocycles. The van der Waals surface area contributed by atoms with E-state index >= 15 is 0 Å². The maximum atomic E-state index is 12.5. The van der Waals surface area contributed by atoms with Crippen molar-refractivity contribution in [1.82, 2.24) is 20.8 Å².